The first-order valence-corrected chi connectivity index (χ1v) is 16.3. The molecule has 4 nitrogen and oxygen atoms in total. The van der Waals surface area contributed by atoms with Crippen LogP contribution in [0.2, 0.25) is 0 Å². The molecule has 0 saturated heterocycles. The predicted molar refractivity (Wildman–Crippen MR) is 171 cm³/mol. The van der Waals surface area contributed by atoms with Gasteiger partial charge in [-0.25, -0.2) is 0 Å². The van der Waals surface area contributed by atoms with Crippen LogP contribution in [-0.4, -0.2) is 26.4 Å². The largest absolute Gasteiger partial charge is 0.486 e. The molecule has 208 valence electrons. The van der Waals surface area contributed by atoms with Crippen molar-refractivity contribution in [2.24, 2.45) is 0 Å². The lowest BCUT2D eigenvalue weighted by Gasteiger charge is -2.25. The van der Waals surface area contributed by atoms with Gasteiger partial charge in [0.25, 0.3) is 0 Å². The number of thiophene rings is 2. The summed E-state index contributed by atoms with van der Waals surface area (Å²) < 4.78 is 25.8. The normalized spacial score (nSPS) is 14.5. The molecule has 0 N–H and O–H groups in total. The highest BCUT2D eigenvalue weighted by Gasteiger charge is 2.28. The predicted octanol–water partition coefficient (Wildman–Crippen LogP) is 8.88. The lowest BCUT2D eigenvalue weighted by atomic mass is 9.79. The lowest BCUT2D eigenvalue weighted by Crippen LogP contribution is -2.15. The van der Waals surface area contributed by atoms with Crippen molar-refractivity contribution in [2.45, 2.75) is 25.7 Å². The third-order valence-electron chi connectivity index (χ3n) is 8.55. The Bertz CT molecular complexity index is 1860. The van der Waals surface area contributed by atoms with E-state index in [1.165, 1.54) is 63.3 Å². The Labute approximate surface area is 252 Å². The number of hydrogen-bond acceptors (Lipinski definition) is 6. The second kappa shape index (κ2) is 9.79. The van der Waals surface area contributed by atoms with E-state index in [0.29, 0.717) is 26.4 Å². The van der Waals surface area contributed by atoms with Crippen LogP contribution in [0.25, 0.3) is 42.4 Å². The van der Waals surface area contributed by atoms with Gasteiger partial charge in [0.2, 0.25) is 0 Å². The Morgan fingerprint density at radius 3 is 1.38 bits per heavy atom. The Hall–Kier alpha value is -4.00. The maximum absolute atomic E-state index is 5.79. The highest BCUT2D eigenvalue weighted by Crippen LogP contribution is 2.56. The van der Waals surface area contributed by atoms with E-state index in [0.717, 1.165) is 48.7 Å². The second-order valence-electron chi connectivity index (χ2n) is 11.2. The quantitative estimate of drug-likeness (QED) is 0.194. The molecule has 6 heteroatoms. The smallest absolute Gasteiger partial charge is 0.161 e. The van der Waals surface area contributed by atoms with Gasteiger partial charge in [0.15, 0.2) is 23.0 Å². The first kappa shape index (κ1) is 24.6. The van der Waals surface area contributed by atoms with Gasteiger partial charge in [-0.05, 0) is 95.1 Å². The number of hydrogen-bond donors (Lipinski definition) is 0. The minimum Gasteiger partial charge on any atom is -0.486 e. The number of aryl methyl sites for hydroxylation is 4. The molecule has 4 heterocycles. The zero-order valence-electron chi connectivity index (χ0n) is 23.0. The molecule has 0 amide bonds. The molecule has 0 spiro atoms. The van der Waals surface area contributed by atoms with Crippen molar-refractivity contribution >= 4 is 42.8 Å². The van der Waals surface area contributed by atoms with Crippen molar-refractivity contribution in [3.63, 3.8) is 0 Å². The molecule has 2 aromatic heterocycles. The van der Waals surface area contributed by atoms with Crippen LogP contribution in [0.4, 0.5) is 0 Å². The number of fused-ring (bicyclic) bond motifs is 10. The van der Waals surface area contributed by atoms with E-state index in [9.17, 15) is 0 Å². The first-order chi connectivity index (χ1) is 20.8. The number of benzene rings is 4. The Morgan fingerprint density at radius 2 is 0.905 bits per heavy atom. The molecule has 2 aliphatic heterocycles. The Morgan fingerprint density at radius 1 is 0.452 bits per heavy atom. The van der Waals surface area contributed by atoms with Crippen molar-refractivity contribution in [1.82, 2.24) is 0 Å². The van der Waals surface area contributed by atoms with Gasteiger partial charge in [0, 0.05) is 30.3 Å². The second-order valence-corrected chi connectivity index (χ2v) is 13.5. The topological polar surface area (TPSA) is 36.9 Å². The molecule has 0 bridgehead atoms. The molecule has 0 atom stereocenters. The van der Waals surface area contributed by atoms with Crippen LogP contribution in [0.1, 0.15) is 20.9 Å². The molecule has 1 aliphatic carbocycles. The van der Waals surface area contributed by atoms with Crippen LogP contribution in [0, 0.1) is 0 Å². The summed E-state index contributed by atoms with van der Waals surface area (Å²) in [6.45, 7) is 2.51. The minimum atomic E-state index is 0.625. The molecular formula is C36H28O4S2. The van der Waals surface area contributed by atoms with Crippen molar-refractivity contribution in [2.75, 3.05) is 26.4 Å². The van der Waals surface area contributed by atoms with Crippen molar-refractivity contribution in [3.05, 3.63) is 93.7 Å². The zero-order valence-corrected chi connectivity index (χ0v) is 24.7. The summed E-state index contributed by atoms with van der Waals surface area (Å²) >= 11 is 3.91. The van der Waals surface area contributed by atoms with Crippen molar-refractivity contribution in [1.29, 1.82) is 0 Å². The number of ether oxygens (including phenoxy) is 4. The molecule has 42 heavy (non-hydrogen) atoms. The third-order valence-corrected chi connectivity index (χ3v) is 11.0. The molecule has 0 unspecified atom stereocenters. The van der Waals surface area contributed by atoms with E-state index in [1.807, 2.05) is 34.8 Å². The van der Waals surface area contributed by atoms with Gasteiger partial charge in [0.05, 0.1) is 0 Å². The summed E-state index contributed by atoms with van der Waals surface area (Å²) in [6.07, 6.45) is 4.04. The van der Waals surface area contributed by atoms with Gasteiger partial charge in [-0.1, -0.05) is 36.4 Å². The van der Waals surface area contributed by atoms with Crippen LogP contribution in [0.3, 0.4) is 0 Å². The zero-order chi connectivity index (χ0) is 27.6. The SMILES string of the molecule is c1cc2c(cc1CCc1cc3ccc4c(c3s1)-c1ccc3cc(CCc5ccc6c(c5)OCCO6)sc3c1-4)OCCO2. The fraction of sp³-hybridized carbons (Fsp3) is 0.222. The van der Waals surface area contributed by atoms with E-state index in [1.54, 1.807) is 0 Å². The van der Waals surface area contributed by atoms with Crippen LogP contribution in [-0.2, 0) is 25.7 Å². The molecule has 3 aliphatic rings. The minimum absolute atomic E-state index is 0.625. The molecule has 0 fully saturated rings. The average Bonchev–Trinajstić information content (AvgIpc) is 3.63. The van der Waals surface area contributed by atoms with Crippen LogP contribution in [0.5, 0.6) is 23.0 Å². The van der Waals surface area contributed by atoms with Crippen LogP contribution < -0.4 is 18.9 Å². The maximum atomic E-state index is 5.79. The number of rotatable bonds is 6. The van der Waals surface area contributed by atoms with Crippen LogP contribution >= 0.6 is 22.7 Å². The molecular weight excluding hydrogens is 561 g/mol. The fourth-order valence-corrected chi connectivity index (χ4v) is 8.91. The molecule has 6 aromatic rings. The third kappa shape index (κ3) is 4.08. The van der Waals surface area contributed by atoms with Crippen LogP contribution in [0.15, 0.2) is 72.8 Å². The average molecular weight is 589 g/mol. The van der Waals surface area contributed by atoms with Crippen molar-refractivity contribution in [3.8, 4) is 45.3 Å². The first-order valence-electron chi connectivity index (χ1n) is 14.7. The fourth-order valence-electron chi connectivity index (χ4n) is 6.47. The lowest BCUT2D eigenvalue weighted by molar-refractivity contribution is 0.171. The molecule has 0 radical (unpaired) electrons. The Kier molecular flexibility index (Phi) is 5.73. The molecule has 0 saturated carbocycles. The highest BCUT2D eigenvalue weighted by atomic mass is 32.1. The van der Waals surface area contributed by atoms with E-state index < -0.39 is 0 Å². The molecule has 9 rings (SSSR count). The highest BCUT2D eigenvalue weighted by molar-refractivity contribution is 7.20. The molecule has 4 aromatic carbocycles. The summed E-state index contributed by atoms with van der Waals surface area (Å²) in [5, 5.41) is 2.71. The maximum Gasteiger partial charge on any atom is 0.161 e. The summed E-state index contributed by atoms with van der Waals surface area (Å²) in [5.74, 6) is 3.47. The standard InChI is InChI=1S/C36H28O4S2/c1(21-3-11-29-31(17-21)39-15-13-37-29)7-25-19-23-5-9-27-33(35(23)41-25)28-10-6-24-20-26(42-36(24)34(27)28)8-2-22-4-12-30-32(18-22)40-16-14-38-30/h3-6,9-12,17-20H,1-2,7-8,13-16H2. The monoisotopic (exact) mass is 588 g/mol. The van der Waals surface area contributed by atoms with Crippen molar-refractivity contribution < 1.29 is 18.9 Å². The summed E-state index contributed by atoms with van der Waals surface area (Å²) in [5.41, 5.74) is 8.27. The van der Waals surface area contributed by atoms with Gasteiger partial charge in [0.1, 0.15) is 26.4 Å². The summed E-state index contributed by atoms with van der Waals surface area (Å²) in [7, 11) is 0. The van der Waals surface area contributed by atoms with Gasteiger partial charge < -0.3 is 18.9 Å². The summed E-state index contributed by atoms with van der Waals surface area (Å²) in [4.78, 5) is 2.86. The van der Waals surface area contributed by atoms with E-state index in [-0.39, 0.29) is 0 Å². The Balaban J connectivity index is 0.953. The van der Waals surface area contributed by atoms with Gasteiger partial charge in [-0.2, -0.15) is 0 Å². The van der Waals surface area contributed by atoms with E-state index >= 15 is 0 Å². The van der Waals surface area contributed by atoms with Gasteiger partial charge >= 0.3 is 0 Å². The van der Waals surface area contributed by atoms with E-state index in [2.05, 4.69) is 60.7 Å². The van der Waals surface area contributed by atoms with E-state index in [4.69, 9.17) is 18.9 Å². The summed E-state index contributed by atoms with van der Waals surface area (Å²) in [6, 6.07) is 26.8. The van der Waals surface area contributed by atoms with Gasteiger partial charge in [-0.3, -0.25) is 0 Å². The van der Waals surface area contributed by atoms with Gasteiger partial charge in [-0.15, -0.1) is 22.7 Å².